The normalized spacial score (nSPS) is 15.5. The predicted molar refractivity (Wildman–Crippen MR) is 72.1 cm³/mol. The van der Waals surface area contributed by atoms with Gasteiger partial charge < -0.3 is 10.6 Å². The van der Waals surface area contributed by atoms with Gasteiger partial charge in [-0.1, -0.05) is 19.3 Å². The minimum Gasteiger partial charge on any atom is -0.356 e. The van der Waals surface area contributed by atoms with E-state index in [1.807, 2.05) is 0 Å². The fourth-order valence-corrected chi connectivity index (χ4v) is 2.40. The van der Waals surface area contributed by atoms with Crippen LogP contribution < -0.4 is 10.6 Å². The number of nitrogens with one attached hydrogen (secondary N) is 2. The smallest absolute Gasteiger partial charge is 0.234 e. The van der Waals surface area contributed by atoms with Crippen molar-refractivity contribution in [2.24, 2.45) is 5.92 Å². The van der Waals surface area contributed by atoms with Gasteiger partial charge in [0.05, 0.1) is 6.07 Å². The molecule has 1 aliphatic carbocycles. The summed E-state index contributed by atoms with van der Waals surface area (Å²) in [5.41, 5.74) is 0. The lowest BCUT2D eigenvalue weighted by Crippen LogP contribution is -2.30. The number of amides is 2. The second kappa shape index (κ2) is 9.37. The van der Waals surface area contributed by atoms with E-state index in [4.69, 9.17) is 5.26 Å². The molecule has 2 amide bonds. The van der Waals surface area contributed by atoms with Crippen LogP contribution in [0.5, 0.6) is 0 Å². The van der Waals surface area contributed by atoms with Gasteiger partial charge in [-0.05, 0) is 25.2 Å². The summed E-state index contributed by atoms with van der Waals surface area (Å²) in [6.07, 6.45) is 7.41. The van der Waals surface area contributed by atoms with E-state index >= 15 is 0 Å². The van der Waals surface area contributed by atoms with Crippen molar-refractivity contribution in [3.63, 3.8) is 0 Å². The molecule has 0 bridgehead atoms. The predicted octanol–water partition coefficient (Wildman–Crippen LogP) is 1.49. The molecule has 0 aliphatic heterocycles. The maximum absolute atomic E-state index is 11.7. The zero-order valence-corrected chi connectivity index (χ0v) is 11.4. The molecule has 0 aromatic carbocycles. The molecule has 106 valence electrons. The summed E-state index contributed by atoms with van der Waals surface area (Å²) in [4.78, 5) is 22.7. The van der Waals surface area contributed by atoms with Crippen LogP contribution in [-0.2, 0) is 9.59 Å². The molecule has 5 nitrogen and oxygen atoms in total. The third-order valence-electron chi connectivity index (χ3n) is 3.44. The summed E-state index contributed by atoms with van der Waals surface area (Å²) in [6, 6.07) is 1.79. The second-order valence-corrected chi connectivity index (χ2v) is 5.10. The summed E-state index contributed by atoms with van der Waals surface area (Å²) in [5, 5.41) is 13.8. The molecule has 0 aromatic rings. The number of nitriles is 1. The molecule has 1 aliphatic rings. The molecule has 0 atom stereocenters. The van der Waals surface area contributed by atoms with Crippen molar-refractivity contribution >= 4 is 11.8 Å². The lowest BCUT2D eigenvalue weighted by atomic mass is 9.87. The van der Waals surface area contributed by atoms with Crippen molar-refractivity contribution in [3.05, 3.63) is 0 Å². The van der Waals surface area contributed by atoms with Crippen LogP contribution in [0, 0.1) is 17.2 Å². The molecule has 0 aromatic heterocycles. The van der Waals surface area contributed by atoms with E-state index in [1.54, 1.807) is 6.07 Å². The lowest BCUT2D eigenvalue weighted by molar-refractivity contribution is -0.122. The average molecular weight is 265 g/mol. The molecule has 0 unspecified atom stereocenters. The Balaban J connectivity index is 1.98. The molecular weight excluding hydrogens is 242 g/mol. The van der Waals surface area contributed by atoms with Crippen molar-refractivity contribution in [1.29, 1.82) is 5.26 Å². The number of nitrogens with zero attached hydrogens (tertiary/aromatic N) is 1. The molecule has 2 N–H and O–H groups in total. The Bertz CT molecular complexity index is 330. The number of carbonyl (C=O) groups is 2. The van der Waals surface area contributed by atoms with Crippen molar-refractivity contribution in [1.82, 2.24) is 10.6 Å². The van der Waals surface area contributed by atoms with Gasteiger partial charge in [0.25, 0.3) is 0 Å². The molecule has 0 spiro atoms. The van der Waals surface area contributed by atoms with Gasteiger partial charge in [-0.2, -0.15) is 5.26 Å². The zero-order valence-electron chi connectivity index (χ0n) is 11.4. The highest BCUT2D eigenvalue weighted by Crippen LogP contribution is 2.25. The third kappa shape index (κ3) is 7.45. The molecule has 0 saturated heterocycles. The monoisotopic (exact) mass is 265 g/mol. The van der Waals surface area contributed by atoms with Gasteiger partial charge in [0.2, 0.25) is 11.8 Å². The van der Waals surface area contributed by atoms with Crippen molar-refractivity contribution < 1.29 is 9.59 Å². The van der Waals surface area contributed by atoms with Crippen LogP contribution in [-0.4, -0.2) is 24.9 Å². The largest absolute Gasteiger partial charge is 0.356 e. The Morgan fingerprint density at radius 3 is 2.32 bits per heavy atom. The topological polar surface area (TPSA) is 82.0 Å². The minimum atomic E-state index is -0.254. The molecule has 1 fully saturated rings. The van der Waals surface area contributed by atoms with E-state index in [2.05, 4.69) is 10.6 Å². The van der Waals surface area contributed by atoms with Gasteiger partial charge in [-0.3, -0.25) is 9.59 Å². The maximum atomic E-state index is 11.7. The fourth-order valence-electron chi connectivity index (χ4n) is 2.40. The molecular formula is C14H23N3O2. The van der Waals surface area contributed by atoms with Crippen molar-refractivity contribution in [2.75, 3.05) is 13.1 Å². The van der Waals surface area contributed by atoms with E-state index in [0.29, 0.717) is 31.8 Å². The zero-order chi connectivity index (χ0) is 13.9. The number of rotatable bonds is 7. The number of hydrogen-bond acceptors (Lipinski definition) is 3. The maximum Gasteiger partial charge on any atom is 0.234 e. The standard InChI is InChI=1S/C14H23N3O2/c15-8-7-13(18)16-9-4-10-17-14(19)11-12-5-2-1-3-6-12/h12H,1-7,9-11H2,(H,16,18)(H,17,19). The van der Waals surface area contributed by atoms with Crippen LogP contribution in [0.2, 0.25) is 0 Å². The van der Waals surface area contributed by atoms with E-state index in [1.165, 1.54) is 32.1 Å². The Morgan fingerprint density at radius 2 is 1.68 bits per heavy atom. The third-order valence-corrected chi connectivity index (χ3v) is 3.44. The van der Waals surface area contributed by atoms with Gasteiger partial charge in [0.15, 0.2) is 0 Å². The van der Waals surface area contributed by atoms with Crippen LogP contribution in [0.3, 0.4) is 0 Å². The van der Waals surface area contributed by atoms with E-state index < -0.39 is 0 Å². The van der Waals surface area contributed by atoms with Gasteiger partial charge in [-0.25, -0.2) is 0 Å². The van der Waals surface area contributed by atoms with Crippen molar-refractivity contribution in [3.8, 4) is 6.07 Å². The Hall–Kier alpha value is -1.57. The summed E-state index contributed by atoms with van der Waals surface area (Å²) in [6.45, 7) is 1.09. The van der Waals surface area contributed by atoms with E-state index in [9.17, 15) is 9.59 Å². The van der Waals surface area contributed by atoms with Gasteiger partial charge in [0, 0.05) is 19.5 Å². The van der Waals surface area contributed by atoms with Gasteiger partial charge >= 0.3 is 0 Å². The summed E-state index contributed by atoms with van der Waals surface area (Å²) in [7, 11) is 0. The minimum absolute atomic E-state index is 0.103. The van der Waals surface area contributed by atoms with Gasteiger partial charge in [-0.15, -0.1) is 0 Å². The van der Waals surface area contributed by atoms with E-state index in [0.717, 1.165) is 0 Å². The molecule has 19 heavy (non-hydrogen) atoms. The SMILES string of the molecule is N#CCC(=O)NCCCNC(=O)CC1CCCCC1. The number of hydrogen-bond donors (Lipinski definition) is 2. The van der Waals surface area contributed by atoms with Crippen LogP contribution in [0.15, 0.2) is 0 Å². The first-order valence-electron chi connectivity index (χ1n) is 7.12. The Labute approximate surface area is 114 Å². The highest BCUT2D eigenvalue weighted by atomic mass is 16.2. The molecule has 0 heterocycles. The fraction of sp³-hybridized carbons (Fsp3) is 0.786. The van der Waals surface area contributed by atoms with Crippen LogP contribution in [0.1, 0.15) is 51.4 Å². The first-order valence-corrected chi connectivity index (χ1v) is 7.12. The van der Waals surface area contributed by atoms with Crippen molar-refractivity contribution in [2.45, 2.75) is 51.4 Å². The molecule has 5 heteroatoms. The summed E-state index contributed by atoms with van der Waals surface area (Å²) < 4.78 is 0. The first kappa shape index (κ1) is 15.5. The van der Waals surface area contributed by atoms with Crippen LogP contribution >= 0.6 is 0 Å². The van der Waals surface area contributed by atoms with Crippen LogP contribution in [0.4, 0.5) is 0 Å². The molecule has 1 rings (SSSR count). The molecule has 1 saturated carbocycles. The first-order chi connectivity index (χ1) is 9.22. The van der Waals surface area contributed by atoms with Crippen LogP contribution in [0.25, 0.3) is 0 Å². The summed E-state index contributed by atoms with van der Waals surface area (Å²) in [5.74, 6) is 0.426. The highest BCUT2D eigenvalue weighted by Gasteiger charge is 2.16. The lowest BCUT2D eigenvalue weighted by Gasteiger charge is -2.20. The highest BCUT2D eigenvalue weighted by molar-refractivity contribution is 5.78. The average Bonchev–Trinajstić information content (AvgIpc) is 2.40. The molecule has 0 radical (unpaired) electrons. The summed E-state index contributed by atoms with van der Waals surface area (Å²) >= 11 is 0. The Kier molecular flexibility index (Phi) is 7.64. The Morgan fingerprint density at radius 1 is 1.05 bits per heavy atom. The number of carbonyl (C=O) groups excluding carboxylic acids is 2. The second-order valence-electron chi connectivity index (χ2n) is 5.10. The van der Waals surface area contributed by atoms with Gasteiger partial charge in [0.1, 0.15) is 6.42 Å². The van der Waals surface area contributed by atoms with E-state index in [-0.39, 0.29) is 18.2 Å². The quantitative estimate of drug-likeness (QED) is 0.684.